The maximum atomic E-state index is 11.2. The lowest BCUT2D eigenvalue weighted by Crippen LogP contribution is -2.39. The third kappa shape index (κ3) is 7.99. The van der Waals surface area contributed by atoms with E-state index in [4.69, 9.17) is 0 Å². The molecule has 0 aliphatic heterocycles. The van der Waals surface area contributed by atoms with Gasteiger partial charge in [-0.2, -0.15) is 0 Å². The molecule has 146 valence electrons. The highest BCUT2D eigenvalue weighted by Gasteiger charge is 2.13. The highest BCUT2D eigenvalue weighted by atomic mass is 127. The first kappa shape index (κ1) is 23.0. The predicted molar refractivity (Wildman–Crippen MR) is 121 cm³/mol. The zero-order chi connectivity index (χ0) is 18.6. The highest BCUT2D eigenvalue weighted by Crippen LogP contribution is 2.27. The van der Waals surface area contributed by atoms with Crippen molar-refractivity contribution < 1.29 is 9.53 Å². The van der Waals surface area contributed by atoms with Crippen molar-refractivity contribution in [2.24, 2.45) is 4.99 Å². The van der Waals surface area contributed by atoms with Crippen LogP contribution in [0.3, 0.4) is 0 Å². The van der Waals surface area contributed by atoms with E-state index in [0.717, 1.165) is 13.0 Å². The van der Waals surface area contributed by atoms with Crippen molar-refractivity contribution in [3.63, 3.8) is 0 Å². The van der Waals surface area contributed by atoms with Gasteiger partial charge in [-0.3, -0.25) is 9.79 Å². The van der Waals surface area contributed by atoms with Crippen LogP contribution in [0.2, 0.25) is 0 Å². The number of halogens is 1. The van der Waals surface area contributed by atoms with Crippen molar-refractivity contribution in [1.82, 2.24) is 10.6 Å². The summed E-state index contributed by atoms with van der Waals surface area (Å²) in [5.74, 6) is 0.771. The van der Waals surface area contributed by atoms with Crippen molar-refractivity contribution in [2.75, 3.05) is 27.2 Å². The number of nitrogens with one attached hydrogen (secondary N) is 2. The lowest BCUT2D eigenvalue weighted by molar-refractivity contribution is -0.140. The molecule has 0 amide bonds. The monoisotopic (exact) mass is 481 g/mol. The molecule has 2 aromatic rings. The molecule has 27 heavy (non-hydrogen) atoms. The normalized spacial score (nSPS) is 10.9. The molecule has 0 unspecified atom stereocenters. The third-order valence-corrected chi connectivity index (χ3v) is 4.20. The number of carbonyl (C=O) groups excluding carboxylic acids is 1. The van der Waals surface area contributed by atoms with Crippen LogP contribution in [0, 0.1) is 0 Å². The quantitative estimate of drug-likeness (QED) is 0.262. The standard InChI is InChI=1S/C21H27N3O2.HI/c1-22-21(24-16-14-20(25)26-2)23-15-13-19(17-9-5-3-6-10-17)18-11-7-4-8-12-18;/h3-12,19H,13-16H2,1-2H3,(H2,22,23,24);1H. The topological polar surface area (TPSA) is 62.7 Å². The molecule has 0 aliphatic rings. The molecular weight excluding hydrogens is 453 g/mol. The molecule has 0 saturated heterocycles. The Kier molecular flexibility index (Phi) is 11.2. The summed E-state index contributed by atoms with van der Waals surface area (Å²) < 4.78 is 4.64. The largest absolute Gasteiger partial charge is 0.469 e. The molecule has 2 aromatic carbocycles. The Hall–Kier alpha value is -2.09. The second-order valence-corrected chi connectivity index (χ2v) is 5.91. The lowest BCUT2D eigenvalue weighted by atomic mass is 9.88. The fourth-order valence-corrected chi connectivity index (χ4v) is 2.84. The van der Waals surface area contributed by atoms with Crippen LogP contribution in [0.25, 0.3) is 0 Å². The zero-order valence-corrected chi connectivity index (χ0v) is 18.2. The molecule has 2 N–H and O–H groups in total. The van der Waals surface area contributed by atoms with Gasteiger partial charge in [-0.1, -0.05) is 60.7 Å². The van der Waals surface area contributed by atoms with Gasteiger partial charge in [0.15, 0.2) is 5.96 Å². The Morgan fingerprint density at radius 1 is 0.963 bits per heavy atom. The van der Waals surface area contributed by atoms with Crippen molar-refractivity contribution in [1.29, 1.82) is 0 Å². The van der Waals surface area contributed by atoms with Gasteiger partial charge in [0.2, 0.25) is 0 Å². The predicted octanol–water partition coefficient (Wildman–Crippen LogP) is 3.55. The van der Waals surface area contributed by atoms with Gasteiger partial charge in [-0.25, -0.2) is 0 Å². The SMILES string of the molecule is CN=C(NCCC(=O)OC)NCCC(c1ccccc1)c1ccccc1.I. The van der Waals surface area contributed by atoms with Crippen LogP contribution in [0.5, 0.6) is 0 Å². The van der Waals surface area contributed by atoms with E-state index in [9.17, 15) is 4.79 Å². The number of nitrogens with zero attached hydrogens (tertiary/aromatic N) is 1. The summed E-state index contributed by atoms with van der Waals surface area (Å²) in [5.41, 5.74) is 2.60. The van der Waals surface area contributed by atoms with Crippen LogP contribution in [-0.2, 0) is 9.53 Å². The molecule has 6 heteroatoms. The van der Waals surface area contributed by atoms with E-state index in [0.29, 0.717) is 24.8 Å². The molecule has 2 rings (SSSR count). The van der Waals surface area contributed by atoms with Crippen LogP contribution in [0.15, 0.2) is 65.7 Å². The second-order valence-electron chi connectivity index (χ2n) is 5.91. The summed E-state index contributed by atoms with van der Waals surface area (Å²) in [4.78, 5) is 15.4. The Labute approximate surface area is 178 Å². The molecule has 0 aromatic heterocycles. The van der Waals surface area contributed by atoms with E-state index in [1.807, 2.05) is 12.1 Å². The summed E-state index contributed by atoms with van der Waals surface area (Å²) in [5, 5.41) is 6.44. The summed E-state index contributed by atoms with van der Waals surface area (Å²) in [6.45, 7) is 1.26. The average Bonchev–Trinajstić information content (AvgIpc) is 2.71. The number of benzene rings is 2. The van der Waals surface area contributed by atoms with Gasteiger partial charge in [0.05, 0.1) is 13.5 Å². The van der Waals surface area contributed by atoms with Gasteiger partial charge in [0.1, 0.15) is 0 Å². The average molecular weight is 481 g/mol. The molecule has 0 radical (unpaired) electrons. The summed E-state index contributed by atoms with van der Waals surface area (Å²) in [6.07, 6.45) is 1.25. The van der Waals surface area contributed by atoms with Crippen LogP contribution in [0.1, 0.15) is 29.9 Å². The van der Waals surface area contributed by atoms with Crippen molar-refractivity contribution in [2.45, 2.75) is 18.8 Å². The van der Waals surface area contributed by atoms with Gasteiger partial charge < -0.3 is 15.4 Å². The number of methoxy groups -OCH3 is 1. The van der Waals surface area contributed by atoms with Gasteiger partial charge in [-0.05, 0) is 17.5 Å². The van der Waals surface area contributed by atoms with E-state index >= 15 is 0 Å². The lowest BCUT2D eigenvalue weighted by Gasteiger charge is -2.19. The van der Waals surface area contributed by atoms with Crippen molar-refractivity contribution >= 4 is 35.9 Å². The van der Waals surface area contributed by atoms with Crippen molar-refractivity contribution in [3.8, 4) is 0 Å². The van der Waals surface area contributed by atoms with Crippen LogP contribution < -0.4 is 10.6 Å². The number of aliphatic imine (C=N–C) groups is 1. The number of ether oxygens (including phenoxy) is 1. The third-order valence-electron chi connectivity index (χ3n) is 4.20. The van der Waals surface area contributed by atoms with Crippen LogP contribution >= 0.6 is 24.0 Å². The molecule has 0 fully saturated rings. The van der Waals surface area contributed by atoms with Crippen molar-refractivity contribution in [3.05, 3.63) is 71.8 Å². The summed E-state index contributed by atoms with van der Waals surface area (Å²) >= 11 is 0. The zero-order valence-electron chi connectivity index (χ0n) is 15.9. The summed E-state index contributed by atoms with van der Waals surface area (Å²) in [7, 11) is 3.11. The molecule has 5 nitrogen and oxygen atoms in total. The minimum absolute atomic E-state index is 0. The maximum absolute atomic E-state index is 11.2. The van der Waals surface area contributed by atoms with E-state index < -0.39 is 0 Å². The number of hydrogen-bond acceptors (Lipinski definition) is 3. The van der Waals surface area contributed by atoms with E-state index in [1.54, 1.807) is 7.05 Å². The Morgan fingerprint density at radius 2 is 1.48 bits per heavy atom. The first-order chi connectivity index (χ1) is 12.7. The number of esters is 1. The maximum Gasteiger partial charge on any atom is 0.307 e. The summed E-state index contributed by atoms with van der Waals surface area (Å²) in [6, 6.07) is 21.0. The molecule has 0 atom stereocenters. The van der Waals surface area contributed by atoms with Crippen LogP contribution in [-0.4, -0.2) is 39.2 Å². The van der Waals surface area contributed by atoms with Gasteiger partial charge >= 0.3 is 5.97 Å². The minimum Gasteiger partial charge on any atom is -0.469 e. The molecule has 0 aliphatic carbocycles. The van der Waals surface area contributed by atoms with Crippen LogP contribution in [0.4, 0.5) is 0 Å². The molecule has 0 heterocycles. The smallest absolute Gasteiger partial charge is 0.307 e. The minimum atomic E-state index is -0.235. The van der Waals surface area contributed by atoms with Gasteiger partial charge in [0.25, 0.3) is 0 Å². The number of hydrogen-bond donors (Lipinski definition) is 2. The van der Waals surface area contributed by atoms with Gasteiger partial charge in [0, 0.05) is 26.1 Å². The Bertz CT molecular complexity index is 654. The Morgan fingerprint density at radius 3 is 1.96 bits per heavy atom. The number of guanidine groups is 1. The first-order valence-electron chi connectivity index (χ1n) is 8.85. The molecule has 0 saturated carbocycles. The first-order valence-corrected chi connectivity index (χ1v) is 8.85. The van der Waals surface area contributed by atoms with E-state index in [2.05, 4.69) is 68.9 Å². The molecule has 0 bridgehead atoms. The number of carbonyl (C=O) groups is 1. The molecule has 0 spiro atoms. The molecular formula is C21H28IN3O2. The fourth-order valence-electron chi connectivity index (χ4n) is 2.84. The highest BCUT2D eigenvalue weighted by molar-refractivity contribution is 14.0. The fraction of sp³-hybridized carbons (Fsp3) is 0.333. The number of rotatable bonds is 8. The van der Waals surface area contributed by atoms with E-state index in [-0.39, 0.29) is 29.9 Å². The van der Waals surface area contributed by atoms with Gasteiger partial charge in [-0.15, -0.1) is 24.0 Å². The Balaban J connectivity index is 0.00000364. The van der Waals surface area contributed by atoms with E-state index in [1.165, 1.54) is 18.2 Å². The second kappa shape index (κ2) is 13.1.